The minimum Gasteiger partial charge on any atom is -0.332 e. The topological polar surface area (TPSA) is 32.3 Å². The lowest BCUT2D eigenvalue weighted by atomic mass is 10.1. The fraction of sp³-hybridized carbons (Fsp3) is 0.278. The first kappa shape index (κ1) is 19.1. The number of nitrogens with zero attached hydrogens (tertiary/aromatic N) is 1. The van der Waals surface area contributed by atoms with Crippen LogP contribution in [0.4, 0.5) is 0 Å². The van der Waals surface area contributed by atoms with E-state index in [0.717, 1.165) is 11.1 Å². The molecular formula is C18H19Cl3N2O. The molecule has 0 aliphatic carbocycles. The van der Waals surface area contributed by atoms with Gasteiger partial charge in [-0.3, -0.25) is 9.69 Å². The first-order valence-corrected chi connectivity index (χ1v) is 8.59. The Bertz CT molecular complexity index is 669. The number of nitrogens with one attached hydrogen (secondary N) is 1. The minimum atomic E-state index is -1.66. The number of carbonyl (C=O) groups is 1. The van der Waals surface area contributed by atoms with Crippen molar-refractivity contribution >= 4 is 40.7 Å². The molecule has 0 heterocycles. The molecule has 0 saturated carbocycles. The van der Waals surface area contributed by atoms with Crippen molar-refractivity contribution in [2.75, 3.05) is 7.05 Å². The molecule has 2 aromatic carbocycles. The van der Waals surface area contributed by atoms with Crippen LogP contribution in [0.3, 0.4) is 0 Å². The van der Waals surface area contributed by atoms with Crippen LogP contribution in [0.15, 0.2) is 54.6 Å². The van der Waals surface area contributed by atoms with Crippen LogP contribution in [0.25, 0.3) is 0 Å². The highest BCUT2D eigenvalue weighted by atomic mass is 35.6. The lowest BCUT2D eigenvalue weighted by Gasteiger charge is -2.33. The van der Waals surface area contributed by atoms with Gasteiger partial charge >= 0.3 is 0 Å². The number of halogens is 3. The highest BCUT2D eigenvalue weighted by Crippen LogP contribution is 2.32. The fourth-order valence-electron chi connectivity index (χ4n) is 2.32. The van der Waals surface area contributed by atoms with Gasteiger partial charge in [-0.2, -0.15) is 0 Å². The Morgan fingerprint density at radius 1 is 1.08 bits per heavy atom. The van der Waals surface area contributed by atoms with E-state index in [0.29, 0.717) is 12.1 Å². The standard InChI is InChI=1S/C18H19Cl3N2O/c1-13-8-10-15(11-9-13)16(24)22-17(18(19,20)21)23(2)12-14-6-4-3-5-7-14/h3-11,17H,12H2,1-2H3,(H,22,24). The second-order valence-corrected chi connectivity index (χ2v) is 8.05. The predicted molar refractivity (Wildman–Crippen MR) is 101 cm³/mol. The summed E-state index contributed by atoms with van der Waals surface area (Å²) in [5.41, 5.74) is 2.66. The number of benzene rings is 2. The summed E-state index contributed by atoms with van der Waals surface area (Å²) in [5.74, 6) is -0.286. The van der Waals surface area contributed by atoms with Gasteiger partial charge in [-0.05, 0) is 31.7 Å². The third-order valence-electron chi connectivity index (χ3n) is 3.61. The van der Waals surface area contributed by atoms with Crippen LogP contribution >= 0.6 is 34.8 Å². The molecule has 0 bridgehead atoms. The largest absolute Gasteiger partial charge is 0.332 e. The molecule has 0 aromatic heterocycles. The summed E-state index contributed by atoms with van der Waals surface area (Å²) in [6.07, 6.45) is -0.767. The molecule has 0 radical (unpaired) electrons. The van der Waals surface area contributed by atoms with E-state index >= 15 is 0 Å². The summed E-state index contributed by atoms with van der Waals surface area (Å²) < 4.78 is -1.66. The Labute approximate surface area is 157 Å². The van der Waals surface area contributed by atoms with Crippen LogP contribution in [0.1, 0.15) is 21.5 Å². The Morgan fingerprint density at radius 2 is 1.67 bits per heavy atom. The van der Waals surface area contributed by atoms with Gasteiger partial charge in [-0.25, -0.2) is 0 Å². The number of aryl methyl sites for hydroxylation is 1. The Balaban J connectivity index is 2.13. The molecular weight excluding hydrogens is 367 g/mol. The summed E-state index contributed by atoms with van der Waals surface area (Å²) in [7, 11) is 1.80. The van der Waals surface area contributed by atoms with Crippen molar-refractivity contribution in [2.45, 2.75) is 23.4 Å². The smallest absolute Gasteiger partial charge is 0.252 e. The van der Waals surface area contributed by atoms with Crippen molar-refractivity contribution in [3.8, 4) is 0 Å². The van der Waals surface area contributed by atoms with Crippen LogP contribution in [0, 0.1) is 6.92 Å². The van der Waals surface area contributed by atoms with Crippen molar-refractivity contribution < 1.29 is 4.79 Å². The number of hydrogen-bond donors (Lipinski definition) is 1. The van der Waals surface area contributed by atoms with E-state index in [1.807, 2.05) is 49.4 Å². The van der Waals surface area contributed by atoms with Crippen LogP contribution in [-0.2, 0) is 6.54 Å². The third kappa shape index (κ3) is 5.38. The molecule has 2 aromatic rings. The summed E-state index contributed by atoms with van der Waals surface area (Å²) in [6.45, 7) is 2.49. The van der Waals surface area contributed by atoms with Crippen LogP contribution in [0.5, 0.6) is 0 Å². The fourth-order valence-corrected chi connectivity index (χ4v) is 2.98. The minimum absolute atomic E-state index is 0.286. The van der Waals surface area contributed by atoms with E-state index in [9.17, 15) is 4.79 Å². The molecule has 1 N–H and O–H groups in total. The van der Waals surface area contributed by atoms with Gasteiger partial charge in [-0.15, -0.1) is 0 Å². The molecule has 2 rings (SSSR count). The van der Waals surface area contributed by atoms with Crippen molar-refractivity contribution in [3.05, 3.63) is 71.3 Å². The Morgan fingerprint density at radius 3 is 2.21 bits per heavy atom. The van der Waals surface area contributed by atoms with E-state index in [2.05, 4.69) is 5.32 Å². The van der Waals surface area contributed by atoms with E-state index in [4.69, 9.17) is 34.8 Å². The monoisotopic (exact) mass is 384 g/mol. The molecule has 0 saturated heterocycles. The summed E-state index contributed by atoms with van der Waals surface area (Å²) in [6, 6.07) is 17.0. The average molecular weight is 386 g/mol. The van der Waals surface area contributed by atoms with Gasteiger partial charge in [0.2, 0.25) is 3.79 Å². The highest BCUT2D eigenvalue weighted by molar-refractivity contribution is 6.68. The van der Waals surface area contributed by atoms with Gasteiger partial charge in [0.15, 0.2) is 0 Å². The number of amides is 1. The van der Waals surface area contributed by atoms with Crippen molar-refractivity contribution in [2.24, 2.45) is 0 Å². The normalized spacial score (nSPS) is 12.9. The van der Waals surface area contributed by atoms with Crippen molar-refractivity contribution in [1.82, 2.24) is 10.2 Å². The average Bonchev–Trinajstić information content (AvgIpc) is 2.52. The van der Waals surface area contributed by atoms with E-state index in [1.165, 1.54) is 0 Å². The molecule has 0 aliphatic heterocycles. The zero-order valence-electron chi connectivity index (χ0n) is 13.5. The molecule has 1 amide bonds. The zero-order valence-corrected chi connectivity index (χ0v) is 15.7. The molecule has 24 heavy (non-hydrogen) atoms. The van der Waals surface area contributed by atoms with Gasteiger partial charge in [0.1, 0.15) is 6.17 Å². The van der Waals surface area contributed by atoms with E-state index < -0.39 is 9.96 Å². The summed E-state index contributed by atoms with van der Waals surface area (Å²) in [4.78, 5) is 14.3. The zero-order chi connectivity index (χ0) is 17.7. The van der Waals surface area contributed by atoms with Crippen molar-refractivity contribution in [1.29, 1.82) is 0 Å². The first-order chi connectivity index (χ1) is 11.3. The lowest BCUT2D eigenvalue weighted by molar-refractivity contribution is 0.0869. The van der Waals surface area contributed by atoms with Gasteiger partial charge < -0.3 is 5.32 Å². The van der Waals surface area contributed by atoms with Crippen LogP contribution in [0.2, 0.25) is 0 Å². The number of alkyl halides is 3. The van der Waals surface area contributed by atoms with E-state index in [-0.39, 0.29) is 5.91 Å². The maximum Gasteiger partial charge on any atom is 0.252 e. The molecule has 128 valence electrons. The second kappa shape index (κ2) is 8.21. The number of rotatable bonds is 5. The van der Waals surface area contributed by atoms with Crippen LogP contribution in [-0.4, -0.2) is 27.8 Å². The number of carbonyl (C=O) groups excluding carboxylic acids is 1. The van der Waals surface area contributed by atoms with Gasteiger partial charge in [0, 0.05) is 12.1 Å². The quantitative estimate of drug-likeness (QED) is 0.605. The Kier molecular flexibility index (Phi) is 6.53. The molecule has 1 unspecified atom stereocenters. The first-order valence-electron chi connectivity index (χ1n) is 7.46. The SMILES string of the molecule is Cc1ccc(C(=O)NC(N(C)Cc2ccccc2)C(Cl)(Cl)Cl)cc1. The molecule has 0 aliphatic rings. The summed E-state index contributed by atoms with van der Waals surface area (Å²) >= 11 is 18.3. The Hall–Kier alpha value is -1.26. The molecule has 6 heteroatoms. The molecule has 1 atom stereocenters. The summed E-state index contributed by atoms with van der Waals surface area (Å²) in [5, 5.41) is 2.80. The molecule has 0 fully saturated rings. The lowest BCUT2D eigenvalue weighted by Crippen LogP contribution is -2.53. The predicted octanol–water partition coefficient (Wildman–Crippen LogP) is 4.55. The highest BCUT2D eigenvalue weighted by Gasteiger charge is 2.37. The maximum absolute atomic E-state index is 12.5. The van der Waals surface area contributed by atoms with Gasteiger partial charge in [0.25, 0.3) is 5.91 Å². The number of hydrogen-bond acceptors (Lipinski definition) is 2. The van der Waals surface area contributed by atoms with Gasteiger partial charge in [0.05, 0.1) is 0 Å². The molecule has 0 spiro atoms. The molecule has 3 nitrogen and oxygen atoms in total. The van der Waals surface area contributed by atoms with Crippen molar-refractivity contribution in [3.63, 3.8) is 0 Å². The second-order valence-electron chi connectivity index (χ2n) is 5.68. The van der Waals surface area contributed by atoms with Crippen LogP contribution < -0.4 is 5.32 Å². The third-order valence-corrected chi connectivity index (χ3v) is 4.23. The maximum atomic E-state index is 12.5. The van der Waals surface area contributed by atoms with Gasteiger partial charge in [-0.1, -0.05) is 82.8 Å². The van der Waals surface area contributed by atoms with E-state index in [1.54, 1.807) is 24.1 Å².